The van der Waals surface area contributed by atoms with E-state index in [1.807, 2.05) is 39.0 Å². The van der Waals surface area contributed by atoms with Crippen molar-refractivity contribution in [1.82, 2.24) is 0 Å². The average Bonchev–Trinajstić information content (AvgIpc) is 2.34. The monoisotopic (exact) mass is 241 g/mol. The first-order valence-electron chi connectivity index (χ1n) is 5.97. The van der Waals surface area contributed by atoms with Gasteiger partial charge in [0.05, 0.1) is 0 Å². The lowest BCUT2D eigenvalue weighted by Gasteiger charge is -2.12. The van der Waals surface area contributed by atoms with E-state index < -0.39 is 0 Å². The quantitative estimate of drug-likeness (QED) is 0.845. The molecule has 18 heavy (non-hydrogen) atoms. The maximum atomic E-state index is 10.1. The normalized spacial score (nSPS) is 10.6. The van der Waals surface area contributed by atoms with Gasteiger partial charge in [-0.15, -0.1) is 0 Å². The Morgan fingerprint density at radius 3 is 2.44 bits per heavy atom. The van der Waals surface area contributed by atoms with Gasteiger partial charge in [-0.25, -0.2) is 0 Å². The summed E-state index contributed by atoms with van der Waals surface area (Å²) in [5.41, 5.74) is 4.58. The van der Waals surface area contributed by atoms with Gasteiger partial charge in [0.2, 0.25) is 0 Å². The average molecular weight is 241 g/mol. The molecule has 0 bridgehead atoms. The van der Waals surface area contributed by atoms with Gasteiger partial charge in [-0.05, 0) is 49.1 Å². The number of phenolic OH excluding ortho intramolecular Hbond substituents is 2. The second-order valence-corrected chi connectivity index (χ2v) is 4.75. The van der Waals surface area contributed by atoms with Gasteiger partial charge in [0.15, 0.2) is 0 Å². The molecule has 0 saturated heterocycles. The fourth-order valence-corrected chi connectivity index (χ4v) is 2.06. The van der Waals surface area contributed by atoms with E-state index in [9.17, 15) is 10.2 Å². The highest BCUT2D eigenvalue weighted by Gasteiger charge is 2.11. The van der Waals surface area contributed by atoms with Crippen LogP contribution >= 0.6 is 0 Å². The lowest BCUT2D eigenvalue weighted by Crippen LogP contribution is -1.95. The molecule has 0 heterocycles. The van der Waals surface area contributed by atoms with Crippen molar-refractivity contribution in [2.75, 3.05) is 0 Å². The molecule has 2 aromatic rings. The Morgan fingerprint density at radius 1 is 1.06 bits per heavy atom. The molecule has 0 aliphatic carbocycles. The summed E-state index contributed by atoms with van der Waals surface area (Å²) in [7, 11) is 0. The van der Waals surface area contributed by atoms with Crippen molar-refractivity contribution < 1.29 is 10.2 Å². The topological polar surface area (TPSA) is 40.5 Å². The molecule has 0 amide bonds. The van der Waals surface area contributed by atoms with Gasteiger partial charge < -0.3 is 10.2 Å². The van der Waals surface area contributed by atoms with E-state index in [0.717, 1.165) is 27.8 Å². The zero-order valence-corrected chi connectivity index (χ0v) is 10.9. The Kier molecular flexibility index (Phi) is 3.28. The first-order chi connectivity index (χ1) is 8.49. The molecule has 2 rings (SSSR count). The third-order valence-electron chi connectivity index (χ3n) is 3.23. The largest absolute Gasteiger partial charge is 0.507 e. The first-order valence-corrected chi connectivity index (χ1v) is 5.97. The van der Waals surface area contributed by atoms with Gasteiger partial charge in [-0.3, -0.25) is 0 Å². The number of aryl methyl sites for hydroxylation is 3. The van der Waals surface area contributed by atoms with Crippen molar-refractivity contribution in [2.24, 2.45) is 0 Å². The van der Waals surface area contributed by atoms with Crippen LogP contribution < -0.4 is 0 Å². The molecule has 0 aliphatic rings. The predicted octanol–water partition coefficient (Wildman–Crippen LogP) is 3.41. The Hall–Kier alpha value is -1.96. The van der Waals surface area contributed by atoms with E-state index in [0.29, 0.717) is 12.2 Å². The van der Waals surface area contributed by atoms with Crippen molar-refractivity contribution in [3.8, 4) is 11.5 Å². The zero-order valence-electron chi connectivity index (χ0n) is 10.9. The van der Waals surface area contributed by atoms with Gasteiger partial charge in [0, 0.05) is 18.1 Å². The molecule has 0 aromatic heterocycles. The number of phenols is 2. The minimum atomic E-state index is 0.154. The maximum absolute atomic E-state index is 10.1. The molecule has 93 valence electrons. The molecular weight excluding hydrogens is 224 g/mol. The van der Waals surface area contributed by atoms with Crippen LogP contribution in [0.2, 0.25) is 0 Å². The van der Waals surface area contributed by atoms with E-state index in [1.165, 1.54) is 0 Å². The highest BCUT2D eigenvalue weighted by Crippen LogP contribution is 2.30. The summed E-state index contributed by atoms with van der Waals surface area (Å²) in [6.07, 6.45) is 0.517. The summed E-state index contributed by atoms with van der Waals surface area (Å²) in [6.45, 7) is 5.80. The molecule has 0 saturated carbocycles. The Labute approximate surface area is 108 Å². The Bertz CT molecular complexity index is 586. The minimum absolute atomic E-state index is 0.154. The van der Waals surface area contributed by atoms with E-state index in [2.05, 4.69) is 6.07 Å². The summed E-state index contributed by atoms with van der Waals surface area (Å²) in [4.78, 5) is 0. The molecule has 0 spiro atoms. The molecule has 0 aliphatic heterocycles. The number of rotatable bonds is 2. The van der Waals surface area contributed by atoms with Crippen molar-refractivity contribution in [3.05, 3.63) is 58.1 Å². The van der Waals surface area contributed by atoms with Crippen LogP contribution in [0.3, 0.4) is 0 Å². The fourth-order valence-electron chi connectivity index (χ4n) is 2.06. The first kappa shape index (κ1) is 12.5. The number of hydrogen-bond donors (Lipinski definition) is 2. The summed E-state index contributed by atoms with van der Waals surface area (Å²) >= 11 is 0. The van der Waals surface area contributed by atoms with Gasteiger partial charge in [-0.1, -0.05) is 18.2 Å². The van der Waals surface area contributed by atoms with Gasteiger partial charge in [0.25, 0.3) is 0 Å². The third-order valence-corrected chi connectivity index (χ3v) is 3.23. The highest BCUT2D eigenvalue weighted by molar-refractivity contribution is 5.49. The number of aromatic hydroxyl groups is 2. The van der Waals surface area contributed by atoms with Crippen molar-refractivity contribution in [3.63, 3.8) is 0 Å². The van der Waals surface area contributed by atoms with E-state index in [-0.39, 0.29) is 5.75 Å². The van der Waals surface area contributed by atoms with Crippen molar-refractivity contribution >= 4 is 0 Å². The van der Waals surface area contributed by atoms with Crippen molar-refractivity contribution in [1.29, 1.82) is 0 Å². The van der Waals surface area contributed by atoms with Gasteiger partial charge in [-0.2, -0.15) is 0 Å². The molecule has 2 nitrogen and oxygen atoms in total. The molecule has 0 fully saturated rings. The molecule has 2 N–H and O–H groups in total. The summed E-state index contributed by atoms with van der Waals surface area (Å²) < 4.78 is 0. The molecular formula is C16H17O2. The maximum Gasteiger partial charge on any atom is 0.127 e. The lowest BCUT2D eigenvalue weighted by atomic mass is 9.96. The SMILES string of the molecule is Cc1c[c]c(O)c(Cc2c(C)ccc(C)c2O)c1. The molecule has 2 heteroatoms. The van der Waals surface area contributed by atoms with Crippen molar-refractivity contribution in [2.45, 2.75) is 27.2 Å². The minimum Gasteiger partial charge on any atom is -0.507 e. The standard InChI is InChI=1S/C16H17O2/c1-10-4-7-15(17)13(8-10)9-14-11(2)5-6-12(3)16(14)18/h4-6,8,17-18H,9H2,1-3H3. The molecule has 0 unspecified atom stereocenters. The Morgan fingerprint density at radius 2 is 1.72 bits per heavy atom. The zero-order chi connectivity index (χ0) is 13.3. The van der Waals surface area contributed by atoms with Crippen LogP contribution in [0, 0.1) is 26.8 Å². The van der Waals surface area contributed by atoms with E-state index >= 15 is 0 Å². The third kappa shape index (κ3) is 2.33. The second-order valence-electron chi connectivity index (χ2n) is 4.75. The van der Waals surface area contributed by atoms with Crippen LogP contribution in [0.1, 0.15) is 27.8 Å². The van der Waals surface area contributed by atoms with Crippen LogP contribution in [0.25, 0.3) is 0 Å². The van der Waals surface area contributed by atoms with E-state index in [1.54, 1.807) is 6.07 Å². The van der Waals surface area contributed by atoms with Crippen LogP contribution in [0.4, 0.5) is 0 Å². The lowest BCUT2D eigenvalue weighted by molar-refractivity contribution is 0.459. The van der Waals surface area contributed by atoms with E-state index in [4.69, 9.17) is 0 Å². The fraction of sp³-hybridized carbons (Fsp3) is 0.250. The summed E-state index contributed by atoms with van der Waals surface area (Å²) in [6, 6.07) is 10.4. The predicted molar refractivity (Wildman–Crippen MR) is 72.1 cm³/mol. The second kappa shape index (κ2) is 4.73. The van der Waals surface area contributed by atoms with Crippen LogP contribution in [0.5, 0.6) is 11.5 Å². The summed E-state index contributed by atoms with van der Waals surface area (Å²) in [5, 5.41) is 19.9. The van der Waals surface area contributed by atoms with Crippen LogP contribution in [-0.2, 0) is 6.42 Å². The number of hydrogen-bond acceptors (Lipinski definition) is 2. The Balaban J connectivity index is 2.46. The molecule has 0 atom stereocenters. The highest BCUT2D eigenvalue weighted by atomic mass is 16.3. The van der Waals surface area contributed by atoms with Gasteiger partial charge >= 0.3 is 0 Å². The summed E-state index contributed by atoms with van der Waals surface area (Å²) in [5.74, 6) is 0.469. The molecule has 1 radical (unpaired) electrons. The van der Waals surface area contributed by atoms with Crippen LogP contribution in [0.15, 0.2) is 24.3 Å². The molecule has 2 aromatic carbocycles. The van der Waals surface area contributed by atoms with Gasteiger partial charge in [0.1, 0.15) is 11.5 Å². The number of benzene rings is 2. The van der Waals surface area contributed by atoms with Crippen LogP contribution in [-0.4, -0.2) is 10.2 Å². The smallest absolute Gasteiger partial charge is 0.127 e.